The highest BCUT2D eigenvalue weighted by molar-refractivity contribution is 7.99. The Morgan fingerprint density at radius 3 is 2.80 bits per heavy atom. The zero-order valence-corrected chi connectivity index (χ0v) is 14.7. The third kappa shape index (κ3) is 4.90. The average Bonchev–Trinajstić information content (AvgIpc) is 3.26. The van der Waals surface area contributed by atoms with Crippen molar-refractivity contribution in [3.8, 4) is 0 Å². The van der Waals surface area contributed by atoms with Gasteiger partial charge >= 0.3 is 0 Å². The minimum atomic E-state index is 0.0107. The molecule has 9 heteroatoms. The summed E-state index contributed by atoms with van der Waals surface area (Å²) in [5.74, 6) is 0.645. The number of nitrogens with one attached hydrogen (secondary N) is 1. The lowest BCUT2D eigenvalue weighted by Crippen LogP contribution is -2.24. The maximum Gasteiger partial charge on any atom is 0.221 e. The molecule has 0 bridgehead atoms. The van der Waals surface area contributed by atoms with Crippen LogP contribution in [-0.4, -0.2) is 41.6 Å². The Labute approximate surface area is 149 Å². The number of amides is 1. The van der Waals surface area contributed by atoms with Gasteiger partial charge in [0.15, 0.2) is 0 Å². The van der Waals surface area contributed by atoms with Gasteiger partial charge in [-0.05, 0) is 27.6 Å². The van der Waals surface area contributed by atoms with Crippen LogP contribution in [0.5, 0.6) is 0 Å². The summed E-state index contributed by atoms with van der Waals surface area (Å²) in [5.41, 5.74) is 2.24. The molecule has 0 saturated heterocycles. The van der Waals surface area contributed by atoms with Crippen molar-refractivity contribution < 1.29 is 4.79 Å². The van der Waals surface area contributed by atoms with E-state index >= 15 is 0 Å². The minimum absolute atomic E-state index is 0.0107. The summed E-state index contributed by atoms with van der Waals surface area (Å²) in [6, 6.07) is 9.95. The highest BCUT2D eigenvalue weighted by Gasteiger charge is 2.08. The lowest BCUT2D eigenvalue weighted by atomic mass is 10.1. The number of hydrogen-bond acceptors (Lipinski definition) is 6. The van der Waals surface area contributed by atoms with Gasteiger partial charge in [-0.25, -0.2) is 4.68 Å². The molecule has 0 spiro atoms. The molecule has 2 heterocycles. The van der Waals surface area contributed by atoms with Crippen LogP contribution >= 0.6 is 11.8 Å². The molecule has 130 valence electrons. The number of tetrazole rings is 1. The van der Waals surface area contributed by atoms with Crippen LogP contribution in [0.2, 0.25) is 0 Å². The standard InChI is InChI=1S/C16H19N7OS/c1-22-16(19-20-21-22)25-10-7-15(24)17-11-13-5-2-3-6-14(13)12-23-9-4-8-18-23/h2-6,8-9H,7,10-12H2,1H3,(H,17,24). The molecule has 2 aromatic heterocycles. The number of rotatable bonds is 8. The normalized spacial score (nSPS) is 10.8. The fourth-order valence-corrected chi connectivity index (χ4v) is 3.10. The molecular weight excluding hydrogens is 338 g/mol. The monoisotopic (exact) mass is 357 g/mol. The second-order valence-electron chi connectivity index (χ2n) is 5.43. The van der Waals surface area contributed by atoms with E-state index < -0.39 is 0 Å². The number of aryl methyl sites for hydroxylation is 1. The topological polar surface area (TPSA) is 90.5 Å². The Kier molecular flexibility index (Phi) is 5.78. The summed E-state index contributed by atoms with van der Waals surface area (Å²) in [5, 5.41) is 19.1. The first kappa shape index (κ1) is 17.2. The van der Waals surface area contributed by atoms with Crippen molar-refractivity contribution in [3.05, 3.63) is 53.9 Å². The second kappa shape index (κ2) is 8.43. The summed E-state index contributed by atoms with van der Waals surface area (Å²) in [4.78, 5) is 12.1. The van der Waals surface area contributed by atoms with Crippen LogP contribution < -0.4 is 5.32 Å². The van der Waals surface area contributed by atoms with E-state index in [4.69, 9.17) is 0 Å². The molecule has 0 saturated carbocycles. The maximum absolute atomic E-state index is 12.1. The maximum atomic E-state index is 12.1. The Bertz CT molecular complexity index is 816. The van der Waals surface area contributed by atoms with Crippen LogP contribution in [0.1, 0.15) is 17.5 Å². The smallest absolute Gasteiger partial charge is 0.221 e. The fraction of sp³-hybridized carbons (Fsp3) is 0.312. The largest absolute Gasteiger partial charge is 0.352 e. The summed E-state index contributed by atoms with van der Waals surface area (Å²) >= 11 is 1.46. The van der Waals surface area contributed by atoms with E-state index in [1.807, 2.05) is 35.1 Å². The predicted octanol–water partition coefficient (Wildman–Crippen LogP) is 1.25. The number of hydrogen-bond donors (Lipinski definition) is 1. The van der Waals surface area contributed by atoms with Gasteiger partial charge < -0.3 is 5.32 Å². The summed E-state index contributed by atoms with van der Waals surface area (Å²) < 4.78 is 3.46. The molecule has 0 atom stereocenters. The predicted molar refractivity (Wildman–Crippen MR) is 93.8 cm³/mol. The number of thioether (sulfide) groups is 1. The van der Waals surface area contributed by atoms with Gasteiger partial charge in [0.2, 0.25) is 11.1 Å². The minimum Gasteiger partial charge on any atom is -0.352 e. The van der Waals surface area contributed by atoms with E-state index in [0.717, 1.165) is 11.1 Å². The number of nitrogens with zero attached hydrogens (tertiary/aromatic N) is 6. The van der Waals surface area contributed by atoms with Gasteiger partial charge in [0.1, 0.15) is 0 Å². The van der Waals surface area contributed by atoms with Crippen molar-refractivity contribution in [3.63, 3.8) is 0 Å². The van der Waals surface area contributed by atoms with Gasteiger partial charge in [-0.15, -0.1) is 5.10 Å². The summed E-state index contributed by atoms with van der Waals surface area (Å²) in [6.07, 6.45) is 4.10. The SMILES string of the molecule is Cn1nnnc1SCCC(=O)NCc1ccccc1Cn1cccn1. The number of aromatic nitrogens is 6. The average molecular weight is 357 g/mol. The number of carbonyl (C=O) groups is 1. The van der Waals surface area contributed by atoms with Crippen molar-refractivity contribution in [1.82, 2.24) is 35.3 Å². The zero-order chi connectivity index (χ0) is 17.5. The van der Waals surface area contributed by atoms with Crippen molar-refractivity contribution in [2.24, 2.45) is 7.05 Å². The van der Waals surface area contributed by atoms with Gasteiger partial charge in [-0.2, -0.15) is 5.10 Å². The van der Waals surface area contributed by atoms with E-state index in [0.29, 0.717) is 30.4 Å². The van der Waals surface area contributed by atoms with E-state index in [-0.39, 0.29) is 5.91 Å². The van der Waals surface area contributed by atoms with Crippen LogP contribution in [0.15, 0.2) is 47.9 Å². The molecule has 0 unspecified atom stereocenters. The Morgan fingerprint density at radius 2 is 2.08 bits per heavy atom. The van der Waals surface area contributed by atoms with Crippen molar-refractivity contribution in [2.45, 2.75) is 24.7 Å². The number of benzene rings is 1. The van der Waals surface area contributed by atoms with Crippen LogP contribution in [0.4, 0.5) is 0 Å². The summed E-state index contributed by atoms with van der Waals surface area (Å²) in [6.45, 7) is 1.19. The van der Waals surface area contributed by atoms with Crippen LogP contribution in [0.25, 0.3) is 0 Å². The molecular formula is C16H19N7OS. The molecule has 1 aromatic carbocycles. The van der Waals surface area contributed by atoms with E-state index in [9.17, 15) is 4.79 Å². The number of carbonyl (C=O) groups excluding carboxylic acids is 1. The Balaban J connectivity index is 1.48. The molecule has 25 heavy (non-hydrogen) atoms. The molecule has 3 aromatic rings. The van der Waals surface area contributed by atoms with Crippen molar-refractivity contribution >= 4 is 17.7 Å². The first-order chi connectivity index (χ1) is 12.2. The second-order valence-corrected chi connectivity index (χ2v) is 6.49. The fourth-order valence-electron chi connectivity index (χ4n) is 2.31. The molecule has 0 radical (unpaired) electrons. The van der Waals surface area contributed by atoms with Crippen molar-refractivity contribution in [2.75, 3.05) is 5.75 Å². The molecule has 0 aliphatic carbocycles. The zero-order valence-electron chi connectivity index (χ0n) is 13.9. The Hall–Kier alpha value is -2.68. The van der Waals surface area contributed by atoms with Crippen LogP contribution in [0.3, 0.4) is 0 Å². The molecule has 1 N–H and O–H groups in total. The summed E-state index contributed by atoms with van der Waals surface area (Å²) in [7, 11) is 1.78. The quantitative estimate of drug-likeness (QED) is 0.610. The van der Waals surface area contributed by atoms with Crippen molar-refractivity contribution in [1.29, 1.82) is 0 Å². The van der Waals surface area contributed by atoms with E-state index in [2.05, 4.69) is 32.0 Å². The highest BCUT2D eigenvalue weighted by atomic mass is 32.2. The third-order valence-corrected chi connectivity index (χ3v) is 4.64. The van der Waals surface area contributed by atoms with Gasteiger partial charge in [-0.3, -0.25) is 9.48 Å². The van der Waals surface area contributed by atoms with Crippen LogP contribution in [-0.2, 0) is 24.9 Å². The third-order valence-electron chi connectivity index (χ3n) is 3.63. The Morgan fingerprint density at radius 1 is 1.24 bits per heavy atom. The molecule has 0 fully saturated rings. The molecule has 0 aliphatic heterocycles. The van der Waals surface area contributed by atoms with Gasteiger partial charge in [0.05, 0.1) is 6.54 Å². The lowest BCUT2D eigenvalue weighted by Gasteiger charge is -2.11. The van der Waals surface area contributed by atoms with E-state index in [1.54, 1.807) is 17.9 Å². The van der Waals surface area contributed by atoms with Gasteiger partial charge in [-0.1, -0.05) is 36.0 Å². The van der Waals surface area contributed by atoms with Gasteiger partial charge in [0, 0.05) is 38.2 Å². The van der Waals surface area contributed by atoms with E-state index in [1.165, 1.54) is 11.8 Å². The molecule has 3 rings (SSSR count). The molecule has 0 aliphatic rings. The molecule has 1 amide bonds. The first-order valence-corrected chi connectivity index (χ1v) is 8.87. The van der Waals surface area contributed by atoms with Gasteiger partial charge in [0.25, 0.3) is 0 Å². The highest BCUT2D eigenvalue weighted by Crippen LogP contribution is 2.14. The molecule has 8 nitrogen and oxygen atoms in total. The first-order valence-electron chi connectivity index (χ1n) is 7.88. The van der Waals surface area contributed by atoms with Crippen LogP contribution in [0, 0.1) is 0 Å². The lowest BCUT2D eigenvalue weighted by molar-refractivity contribution is -0.120.